The Balaban J connectivity index is 1.73. The van der Waals surface area contributed by atoms with E-state index in [-0.39, 0.29) is 22.6 Å². The Bertz CT molecular complexity index is 670. The molecule has 5 heteroatoms. The summed E-state index contributed by atoms with van der Waals surface area (Å²) in [6.45, 7) is 10.5. The van der Waals surface area contributed by atoms with Crippen molar-refractivity contribution in [3.8, 4) is 5.75 Å². The van der Waals surface area contributed by atoms with Crippen molar-refractivity contribution in [3.63, 3.8) is 0 Å². The smallest absolute Gasteiger partial charge is 0.230 e. The molecule has 1 aromatic rings. The van der Waals surface area contributed by atoms with Crippen molar-refractivity contribution in [2.45, 2.75) is 46.6 Å². The Labute approximate surface area is 156 Å². The van der Waals surface area contributed by atoms with Gasteiger partial charge < -0.3 is 14.5 Å². The Morgan fingerprint density at radius 2 is 2.00 bits per heavy atom. The number of hydrogen-bond donors (Lipinski definition) is 0. The highest BCUT2D eigenvalue weighted by atomic mass is 19.1. The lowest BCUT2D eigenvalue weighted by atomic mass is 9.78. The number of carbonyl (C=O) groups excluding carboxylic acids is 1. The fourth-order valence-electron chi connectivity index (χ4n) is 4.45. The van der Waals surface area contributed by atoms with Crippen molar-refractivity contribution in [2.24, 2.45) is 10.8 Å². The highest BCUT2D eigenvalue weighted by Crippen LogP contribution is 2.41. The lowest BCUT2D eigenvalue weighted by Gasteiger charge is -2.40. The topological polar surface area (TPSA) is 32.8 Å². The number of piperidine rings is 1. The van der Waals surface area contributed by atoms with Gasteiger partial charge in [-0.05, 0) is 49.4 Å². The highest BCUT2D eigenvalue weighted by molar-refractivity contribution is 5.84. The minimum absolute atomic E-state index is 0.197. The maximum atomic E-state index is 14.2. The monoisotopic (exact) mass is 362 g/mol. The number of halogens is 1. The Hall–Kier alpha value is -1.62. The number of carbonyl (C=O) groups is 1. The molecule has 1 spiro atoms. The predicted octanol–water partition coefficient (Wildman–Crippen LogP) is 3.69. The summed E-state index contributed by atoms with van der Waals surface area (Å²) in [7, 11) is 1.57. The van der Waals surface area contributed by atoms with Gasteiger partial charge in [0.2, 0.25) is 5.91 Å². The summed E-state index contributed by atoms with van der Waals surface area (Å²) in [5.74, 6) is 0.541. The molecule has 2 aliphatic rings. The van der Waals surface area contributed by atoms with Gasteiger partial charge in [-0.25, -0.2) is 4.39 Å². The number of nitrogens with zero attached hydrogens (tertiary/aromatic N) is 2. The molecule has 0 radical (unpaired) electrons. The van der Waals surface area contributed by atoms with Crippen LogP contribution in [0.25, 0.3) is 0 Å². The van der Waals surface area contributed by atoms with E-state index in [2.05, 4.69) is 25.7 Å². The Kier molecular flexibility index (Phi) is 5.29. The fraction of sp³-hybridized carbons (Fsp3) is 0.667. The van der Waals surface area contributed by atoms with Crippen molar-refractivity contribution < 1.29 is 13.9 Å². The van der Waals surface area contributed by atoms with Crippen LogP contribution in [0.15, 0.2) is 18.2 Å². The third-order valence-electron chi connectivity index (χ3n) is 5.57. The summed E-state index contributed by atoms with van der Waals surface area (Å²) >= 11 is 0. The number of rotatable bonds is 4. The second kappa shape index (κ2) is 7.18. The molecule has 3 rings (SSSR count). The van der Waals surface area contributed by atoms with E-state index in [1.54, 1.807) is 19.2 Å². The number of likely N-dealkylation sites (tertiary alicyclic amines) is 2. The summed E-state index contributed by atoms with van der Waals surface area (Å²) < 4.78 is 19.4. The third-order valence-corrected chi connectivity index (χ3v) is 5.57. The van der Waals surface area contributed by atoms with E-state index < -0.39 is 0 Å². The van der Waals surface area contributed by atoms with E-state index in [1.165, 1.54) is 6.07 Å². The van der Waals surface area contributed by atoms with Crippen LogP contribution < -0.4 is 4.74 Å². The fourth-order valence-corrected chi connectivity index (χ4v) is 4.45. The van der Waals surface area contributed by atoms with Crippen LogP contribution in [0.1, 0.15) is 45.6 Å². The molecule has 1 aromatic carbocycles. The minimum atomic E-state index is -0.279. The maximum absolute atomic E-state index is 14.2. The van der Waals surface area contributed by atoms with Crippen molar-refractivity contribution in [1.82, 2.24) is 9.80 Å². The zero-order chi connectivity index (χ0) is 18.9. The molecule has 1 atom stereocenters. The van der Waals surface area contributed by atoms with Gasteiger partial charge in [-0.3, -0.25) is 4.79 Å². The molecule has 2 aliphatic heterocycles. The first-order valence-electron chi connectivity index (χ1n) is 9.57. The van der Waals surface area contributed by atoms with Crippen LogP contribution in [0.4, 0.5) is 4.39 Å². The first kappa shape index (κ1) is 19.2. The van der Waals surface area contributed by atoms with E-state index >= 15 is 0 Å². The number of benzene rings is 1. The lowest BCUT2D eigenvalue weighted by molar-refractivity contribution is -0.146. The Morgan fingerprint density at radius 3 is 2.69 bits per heavy atom. The zero-order valence-corrected chi connectivity index (χ0v) is 16.5. The average Bonchev–Trinajstić information content (AvgIpc) is 2.95. The highest BCUT2D eigenvalue weighted by Gasteiger charge is 2.48. The number of ether oxygens (including phenoxy) is 1. The average molecular weight is 362 g/mol. The van der Waals surface area contributed by atoms with Crippen LogP contribution >= 0.6 is 0 Å². The van der Waals surface area contributed by atoms with Gasteiger partial charge in [0.25, 0.3) is 0 Å². The van der Waals surface area contributed by atoms with Gasteiger partial charge in [0.15, 0.2) is 0 Å². The van der Waals surface area contributed by atoms with Crippen LogP contribution in [0.5, 0.6) is 5.75 Å². The molecule has 144 valence electrons. The van der Waals surface area contributed by atoms with Crippen LogP contribution in [-0.4, -0.2) is 49.0 Å². The molecule has 0 bridgehead atoms. The van der Waals surface area contributed by atoms with Gasteiger partial charge in [0.05, 0.1) is 12.5 Å². The molecular weight excluding hydrogens is 331 g/mol. The molecule has 0 aliphatic carbocycles. The first-order chi connectivity index (χ1) is 12.2. The maximum Gasteiger partial charge on any atom is 0.230 e. The van der Waals surface area contributed by atoms with Crippen LogP contribution in [0, 0.1) is 16.6 Å². The summed E-state index contributed by atoms with van der Waals surface area (Å²) in [5.41, 5.74) is 0.477. The SMILES string of the molecule is COc1ccc(F)c(CN2CCC[C@]3(CCN(CC(C)(C)C)C3)C2=O)c1. The molecule has 1 amide bonds. The molecule has 0 N–H and O–H groups in total. The molecule has 0 unspecified atom stereocenters. The van der Waals surface area contributed by atoms with Crippen molar-refractivity contribution in [3.05, 3.63) is 29.6 Å². The molecule has 4 nitrogen and oxygen atoms in total. The largest absolute Gasteiger partial charge is 0.497 e. The van der Waals surface area contributed by atoms with Gasteiger partial charge >= 0.3 is 0 Å². The number of amides is 1. The summed E-state index contributed by atoms with van der Waals surface area (Å²) in [5, 5.41) is 0. The normalized spacial score (nSPS) is 24.5. The van der Waals surface area contributed by atoms with Crippen LogP contribution in [0.3, 0.4) is 0 Å². The van der Waals surface area contributed by atoms with E-state index in [9.17, 15) is 9.18 Å². The molecule has 2 heterocycles. The first-order valence-corrected chi connectivity index (χ1v) is 9.57. The van der Waals surface area contributed by atoms with Crippen LogP contribution in [-0.2, 0) is 11.3 Å². The predicted molar refractivity (Wildman–Crippen MR) is 101 cm³/mol. The van der Waals surface area contributed by atoms with E-state index in [0.717, 1.165) is 38.9 Å². The van der Waals surface area contributed by atoms with Crippen LogP contribution in [0.2, 0.25) is 0 Å². The summed E-state index contributed by atoms with van der Waals surface area (Å²) in [6, 6.07) is 4.73. The van der Waals surface area contributed by atoms with E-state index in [0.29, 0.717) is 24.4 Å². The van der Waals surface area contributed by atoms with Gasteiger partial charge in [0.1, 0.15) is 11.6 Å². The molecule has 0 saturated carbocycles. The van der Waals surface area contributed by atoms with E-state index in [4.69, 9.17) is 4.74 Å². The summed E-state index contributed by atoms with van der Waals surface area (Å²) in [6.07, 6.45) is 2.85. The minimum Gasteiger partial charge on any atom is -0.497 e. The zero-order valence-electron chi connectivity index (χ0n) is 16.5. The second-order valence-electron chi connectivity index (χ2n) is 9.09. The van der Waals surface area contributed by atoms with Crippen molar-refractivity contribution in [2.75, 3.05) is 33.3 Å². The molecule has 2 saturated heterocycles. The standard InChI is InChI=1S/C21H31FN2O2/c1-20(2,3)14-23-11-9-21(15-23)8-5-10-24(19(21)25)13-16-12-17(26-4)6-7-18(16)22/h6-7,12H,5,8-11,13-15H2,1-4H3/t21-/m1/s1. The van der Waals surface area contributed by atoms with Crippen molar-refractivity contribution in [1.29, 1.82) is 0 Å². The van der Waals surface area contributed by atoms with Gasteiger partial charge in [-0.2, -0.15) is 0 Å². The van der Waals surface area contributed by atoms with Gasteiger partial charge in [-0.15, -0.1) is 0 Å². The molecule has 26 heavy (non-hydrogen) atoms. The van der Waals surface area contributed by atoms with Gasteiger partial charge in [-0.1, -0.05) is 20.8 Å². The number of hydrogen-bond acceptors (Lipinski definition) is 3. The Morgan fingerprint density at radius 1 is 1.23 bits per heavy atom. The van der Waals surface area contributed by atoms with Crippen molar-refractivity contribution >= 4 is 5.91 Å². The third kappa shape index (κ3) is 4.03. The summed E-state index contributed by atoms with van der Waals surface area (Å²) in [4.78, 5) is 17.5. The molecule has 2 fully saturated rings. The van der Waals surface area contributed by atoms with E-state index in [1.807, 2.05) is 4.90 Å². The molecule has 0 aromatic heterocycles. The molecular formula is C21H31FN2O2. The quantitative estimate of drug-likeness (QED) is 0.819. The van der Waals surface area contributed by atoms with Gasteiger partial charge in [0, 0.05) is 31.7 Å². The number of methoxy groups -OCH3 is 1. The lowest BCUT2D eigenvalue weighted by Crippen LogP contribution is -2.50. The second-order valence-corrected chi connectivity index (χ2v) is 9.09.